The van der Waals surface area contributed by atoms with Gasteiger partial charge in [-0.2, -0.15) is 0 Å². The van der Waals surface area contributed by atoms with E-state index in [1.54, 1.807) is 24.5 Å². The van der Waals surface area contributed by atoms with Gasteiger partial charge in [-0.3, -0.25) is 4.79 Å². The number of carbonyl (C=O) groups is 1. The molecule has 0 aliphatic carbocycles. The molecule has 2 heterocycles. The average Bonchev–Trinajstić information content (AvgIpc) is 3.25. The van der Waals surface area contributed by atoms with Gasteiger partial charge in [0.05, 0.1) is 23.4 Å². The maximum Gasteiger partial charge on any atom is 0.251 e. The van der Waals surface area contributed by atoms with E-state index in [4.69, 9.17) is 4.74 Å². The number of hydrogen-bond acceptors (Lipinski definition) is 3. The number of aromatic amines is 1. The molecule has 3 aromatic rings. The Morgan fingerprint density at radius 1 is 1.20 bits per heavy atom. The Hall–Kier alpha value is -2.80. The van der Waals surface area contributed by atoms with Gasteiger partial charge in [-0.25, -0.2) is 13.8 Å². The third-order valence-corrected chi connectivity index (χ3v) is 4.36. The lowest BCUT2D eigenvalue weighted by Gasteiger charge is -2.20. The number of carbonyl (C=O) groups excluding carboxylic acids is 1. The minimum Gasteiger partial charge on any atom is -0.371 e. The number of aromatic nitrogens is 2. The van der Waals surface area contributed by atoms with Gasteiger partial charge in [0.25, 0.3) is 5.91 Å². The molecule has 1 saturated heterocycles. The molecule has 1 aliphatic rings. The first kappa shape index (κ1) is 15.7. The van der Waals surface area contributed by atoms with Gasteiger partial charge in [-0.05, 0) is 42.3 Å². The number of halogens is 2. The van der Waals surface area contributed by atoms with Crippen LogP contribution in [-0.2, 0) is 4.74 Å². The van der Waals surface area contributed by atoms with Gasteiger partial charge in [0.1, 0.15) is 6.10 Å². The molecule has 25 heavy (non-hydrogen) atoms. The predicted octanol–water partition coefficient (Wildman–Crippen LogP) is 3.10. The number of imidazole rings is 1. The number of H-pyrrole nitrogens is 1. The van der Waals surface area contributed by atoms with E-state index in [0.717, 1.165) is 23.2 Å². The van der Waals surface area contributed by atoms with Crippen molar-refractivity contribution in [2.24, 2.45) is 0 Å². The number of amides is 1. The Morgan fingerprint density at radius 3 is 2.92 bits per heavy atom. The van der Waals surface area contributed by atoms with Gasteiger partial charge in [0.2, 0.25) is 0 Å². The summed E-state index contributed by atoms with van der Waals surface area (Å²) in [6.07, 6.45) is 1.66. The lowest BCUT2D eigenvalue weighted by molar-refractivity contribution is 0.0820. The molecular formula is C18H15F2N3O2. The quantitative estimate of drug-likeness (QED) is 0.768. The standard InChI is InChI=1S/C18H15F2N3O2/c19-12-3-1-10(7-13(12)20)17-15(5-6-25-17)23-18(24)11-2-4-14-16(8-11)22-9-21-14/h1-4,7-9,15,17H,5-6H2,(H,21,22)(H,23,24). The Bertz CT molecular complexity index is 941. The summed E-state index contributed by atoms with van der Waals surface area (Å²) < 4.78 is 32.2. The van der Waals surface area contributed by atoms with Crippen molar-refractivity contribution in [2.75, 3.05) is 6.61 Å². The van der Waals surface area contributed by atoms with Crippen LogP contribution in [0.25, 0.3) is 11.0 Å². The number of nitrogens with one attached hydrogen (secondary N) is 2. The summed E-state index contributed by atoms with van der Waals surface area (Å²) in [7, 11) is 0. The Kier molecular flexibility index (Phi) is 3.93. The molecule has 2 atom stereocenters. The van der Waals surface area contributed by atoms with E-state index in [1.807, 2.05) is 0 Å². The first-order chi connectivity index (χ1) is 12.1. The van der Waals surface area contributed by atoms with Gasteiger partial charge in [0, 0.05) is 12.2 Å². The highest BCUT2D eigenvalue weighted by Crippen LogP contribution is 2.30. The largest absolute Gasteiger partial charge is 0.371 e. The lowest BCUT2D eigenvalue weighted by atomic mass is 10.0. The molecule has 1 aromatic heterocycles. The number of hydrogen-bond donors (Lipinski definition) is 2. The Labute approximate surface area is 142 Å². The number of rotatable bonds is 3. The van der Waals surface area contributed by atoms with E-state index in [9.17, 15) is 13.6 Å². The normalized spacial score (nSPS) is 20.1. The van der Waals surface area contributed by atoms with Crippen LogP contribution in [0.3, 0.4) is 0 Å². The van der Waals surface area contributed by atoms with Crippen molar-refractivity contribution in [3.05, 3.63) is 65.5 Å². The summed E-state index contributed by atoms with van der Waals surface area (Å²) in [5.74, 6) is -2.09. The monoisotopic (exact) mass is 343 g/mol. The number of fused-ring (bicyclic) bond motifs is 1. The van der Waals surface area contributed by atoms with Crippen LogP contribution in [0.15, 0.2) is 42.7 Å². The van der Waals surface area contributed by atoms with Crippen molar-refractivity contribution < 1.29 is 18.3 Å². The van der Waals surface area contributed by atoms with Crippen molar-refractivity contribution in [3.63, 3.8) is 0 Å². The highest BCUT2D eigenvalue weighted by Gasteiger charge is 2.31. The Morgan fingerprint density at radius 2 is 2.08 bits per heavy atom. The molecule has 2 N–H and O–H groups in total. The topological polar surface area (TPSA) is 67.0 Å². The SMILES string of the molecule is O=C(NC1CCOC1c1ccc(F)c(F)c1)c1ccc2nc[nH]c2c1. The molecule has 1 fully saturated rings. The molecule has 2 aromatic carbocycles. The first-order valence-electron chi connectivity index (χ1n) is 7.92. The van der Waals surface area contributed by atoms with E-state index >= 15 is 0 Å². The predicted molar refractivity (Wildman–Crippen MR) is 87.0 cm³/mol. The maximum absolute atomic E-state index is 13.5. The number of benzene rings is 2. The average molecular weight is 343 g/mol. The zero-order chi connectivity index (χ0) is 17.4. The fourth-order valence-corrected chi connectivity index (χ4v) is 3.08. The second kappa shape index (κ2) is 6.25. The molecule has 128 valence electrons. The molecule has 1 amide bonds. The van der Waals surface area contributed by atoms with Gasteiger partial charge in [-0.1, -0.05) is 6.07 Å². The highest BCUT2D eigenvalue weighted by atomic mass is 19.2. The minimum atomic E-state index is -0.928. The second-order valence-corrected chi connectivity index (χ2v) is 5.97. The van der Waals surface area contributed by atoms with E-state index in [2.05, 4.69) is 15.3 Å². The van der Waals surface area contributed by atoms with E-state index in [-0.39, 0.29) is 11.9 Å². The van der Waals surface area contributed by atoms with E-state index in [1.165, 1.54) is 6.07 Å². The third-order valence-electron chi connectivity index (χ3n) is 4.36. The molecule has 0 spiro atoms. The van der Waals surface area contributed by atoms with Crippen LogP contribution in [0.5, 0.6) is 0 Å². The summed E-state index contributed by atoms with van der Waals surface area (Å²) in [4.78, 5) is 19.6. The van der Waals surface area contributed by atoms with Crippen molar-refractivity contribution in [3.8, 4) is 0 Å². The van der Waals surface area contributed by atoms with Gasteiger partial charge in [0.15, 0.2) is 11.6 Å². The lowest BCUT2D eigenvalue weighted by Crippen LogP contribution is -2.36. The van der Waals surface area contributed by atoms with E-state index < -0.39 is 17.7 Å². The summed E-state index contributed by atoms with van der Waals surface area (Å²) in [5.41, 5.74) is 2.55. The number of ether oxygens (including phenoxy) is 1. The van der Waals surface area contributed by atoms with Crippen LogP contribution in [0, 0.1) is 11.6 Å². The fourth-order valence-electron chi connectivity index (χ4n) is 3.08. The van der Waals surface area contributed by atoms with Gasteiger partial charge >= 0.3 is 0 Å². The van der Waals surface area contributed by atoms with Crippen LogP contribution in [-0.4, -0.2) is 28.5 Å². The van der Waals surface area contributed by atoms with Crippen molar-refractivity contribution in [1.82, 2.24) is 15.3 Å². The minimum absolute atomic E-state index is 0.250. The Balaban J connectivity index is 1.54. The molecule has 5 nitrogen and oxygen atoms in total. The summed E-state index contributed by atoms with van der Waals surface area (Å²) in [5, 5.41) is 2.92. The second-order valence-electron chi connectivity index (χ2n) is 5.97. The van der Waals surface area contributed by atoms with Crippen molar-refractivity contribution in [1.29, 1.82) is 0 Å². The fraction of sp³-hybridized carbons (Fsp3) is 0.222. The third kappa shape index (κ3) is 2.98. The zero-order valence-corrected chi connectivity index (χ0v) is 13.1. The van der Waals surface area contributed by atoms with Gasteiger partial charge in [-0.15, -0.1) is 0 Å². The van der Waals surface area contributed by atoms with Crippen LogP contribution >= 0.6 is 0 Å². The number of nitrogens with zero attached hydrogens (tertiary/aromatic N) is 1. The zero-order valence-electron chi connectivity index (χ0n) is 13.1. The summed E-state index contributed by atoms with van der Waals surface area (Å²) in [6.45, 7) is 0.439. The van der Waals surface area contributed by atoms with Gasteiger partial charge < -0.3 is 15.0 Å². The van der Waals surface area contributed by atoms with Crippen molar-refractivity contribution in [2.45, 2.75) is 18.6 Å². The van der Waals surface area contributed by atoms with Crippen LogP contribution in [0.1, 0.15) is 28.4 Å². The first-order valence-corrected chi connectivity index (χ1v) is 7.92. The molecule has 0 saturated carbocycles. The molecule has 1 aliphatic heterocycles. The highest BCUT2D eigenvalue weighted by molar-refractivity contribution is 5.97. The molecule has 0 radical (unpaired) electrons. The summed E-state index contributed by atoms with van der Waals surface area (Å²) >= 11 is 0. The molecule has 2 unspecified atom stereocenters. The van der Waals surface area contributed by atoms with Crippen molar-refractivity contribution >= 4 is 16.9 Å². The molecular weight excluding hydrogens is 328 g/mol. The molecule has 4 rings (SSSR count). The van der Waals surface area contributed by atoms with Crippen LogP contribution in [0.2, 0.25) is 0 Å². The van der Waals surface area contributed by atoms with Crippen LogP contribution in [0.4, 0.5) is 8.78 Å². The maximum atomic E-state index is 13.5. The molecule has 7 heteroatoms. The van der Waals surface area contributed by atoms with E-state index in [0.29, 0.717) is 24.2 Å². The van der Waals surface area contributed by atoms with Crippen LogP contribution < -0.4 is 5.32 Å². The summed E-state index contributed by atoms with van der Waals surface area (Å²) in [6, 6.07) is 8.53. The molecule has 0 bridgehead atoms. The smallest absolute Gasteiger partial charge is 0.251 e.